The Bertz CT molecular complexity index is 1110. The monoisotopic (exact) mass is 525 g/mol. The summed E-state index contributed by atoms with van der Waals surface area (Å²) in [4.78, 5) is 14.7. The molecule has 1 aliphatic heterocycles. The molecule has 5 nitrogen and oxygen atoms in total. The van der Waals surface area contributed by atoms with Gasteiger partial charge in [-0.1, -0.05) is 24.3 Å². The van der Waals surface area contributed by atoms with Crippen LogP contribution >= 0.6 is 22.6 Å². The number of carbonyl (C=O) groups excluding carboxylic acids is 1. The molecule has 1 heterocycles. The molecule has 0 atom stereocenters. The van der Waals surface area contributed by atoms with Crippen molar-refractivity contribution in [2.45, 2.75) is 19.4 Å². The van der Waals surface area contributed by atoms with E-state index in [-0.39, 0.29) is 5.91 Å². The van der Waals surface area contributed by atoms with Gasteiger partial charge in [-0.15, -0.1) is 0 Å². The number of hydrogen-bond acceptors (Lipinski definition) is 4. The number of para-hydroxylation sites is 1. The van der Waals surface area contributed by atoms with E-state index < -0.39 is 0 Å². The van der Waals surface area contributed by atoms with Crippen LogP contribution in [0.1, 0.15) is 33.5 Å². The van der Waals surface area contributed by atoms with Gasteiger partial charge in [-0.2, -0.15) is 5.10 Å². The quantitative estimate of drug-likeness (QED) is 0.280. The van der Waals surface area contributed by atoms with E-state index >= 15 is 0 Å². The number of nitrogens with one attached hydrogen (secondary N) is 1. The van der Waals surface area contributed by atoms with Gasteiger partial charge in [0.15, 0.2) is 0 Å². The van der Waals surface area contributed by atoms with Crippen molar-refractivity contribution in [3.05, 3.63) is 92.6 Å². The Morgan fingerprint density at radius 1 is 1.16 bits per heavy atom. The highest BCUT2D eigenvalue weighted by Crippen LogP contribution is 2.30. The first-order valence-electron chi connectivity index (χ1n) is 10.2. The fourth-order valence-corrected chi connectivity index (χ4v) is 4.39. The molecule has 0 radical (unpaired) electrons. The summed E-state index contributed by atoms with van der Waals surface area (Å²) in [6.45, 7) is 1.78. The number of amides is 1. The Morgan fingerprint density at radius 3 is 2.87 bits per heavy atom. The molecule has 0 bridgehead atoms. The molecule has 0 unspecified atom stereocenters. The van der Waals surface area contributed by atoms with Gasteiger partial charge in [0.1, 0.15) is 5.75 Å². The second-order valence-electron chi connectivity index (χ2n) is 7.43. The highest BCUT2D eigenvalue weighted by Gasteiger charge is 2.18. The number of hydrogen-bond donors (Lipinski definition) is 1. The summed E-state index contributed by atoms with van der Waals surface area (Å²) in [7, 11) is 1.69. The van der Waals surface area contributed by atoms with Crippen LogP contribution in [0.25, 0.3) is 0 Å². The van der Waals surface area contributed by atoms with Gasteiger partial charge >= 0.3 is 0 Å². The molecule has 0 fully saturated rings. The Kier molecular flexibility index (Phi) is 6.86. The number of rotatable bonds is 6. The van der Waals surface area contributed by atoms with Gasteiger partial charge in [-0.3, -0.25) is 4.79 Å². The third-order valence-corrected chi connectivity index (χ3v) is 6.01. The molecule has 1 N–H and O–H groups in total. The lowest BCUT2D eigenvalue weighted by atomic mass is 10.0. The van der Waals surface area contributed by atoms with Gasteiger partial charge in [0, 0.05) is 33.5 Å². The van der Waals surface area contributed by atoms with E-state index in [4.69, 9.17) is 4.74 Å². The minimum atomic E-state index is -0.228. The van der Waals surface area contributed by atoms with Crippen LogP contribution in [-0.2, 0) is 13.0 Å². The molecule has 0 saturated heterocycles. The number of ether oxygens (including phenoxy) is 1. The van der Waals surface area contributed by atoms with E-state index in [1.165, 1.54) is 11.3 Å². The van der Waals surface area contributed by atoms with Crippen molar-refractivity contribution in [2.75, 3.05) is 18.6 Å². The first kappa shape index (κ1) is 21.4. The van der Waals surface area contributed by atoms with E-state index in [0.717, 1.165) is 46.4 Å². The molecule has 4 rings (SSSR count). The molecular weight excluding hydrogens is 501 g/mol. The van der Waals surface area contributed by atoms with E-state index in [2.05, 4.69) is 68.3 Å². The number of nitrogens with zero attached hydrogens (tertiary/aromatic N) is 2. The molecule has 0 saturated carbocycles. The molecule has 6 heteroatoms. The van der Waals surface area contributed by atoms with Gasteiger partial charge in [0.05, 0.1) is 13.3 Å². The van der Waals surface area contributed by atoms with Crippen LogP contribution in [0.2, 0.25) is 0 Å². The highest BCUT2D eigenvalue weighted by molar-refractivity contribution is 14.1. The molecule has 31 heavy (non-hydrogen) atoms. The van der Waals surface area contributed by atoms with Gasteiger partial charge in [0.25, 0.3) is 5.91 Å². The number of anilines is 1. The SMILES string of the molecule is COc1ccc(/C=N/NC(=O)c2cccc(I)c2)cc1CN1CCCc2ccccc21. The molecule has 0 aromatic heterocycles. The minimum absolute atomic E-state index is 0.228. The Labute approximate surface area is 196 Å². The molecular formula is C25H24IN3O2. The lowest BCUT2D eigenvalue weighted by Crippen LogP contribution is -2.29. The van der Waals surface area contributed by atoms with Crippen molar-refractivity contribution in [2.24, 2.45) is 5.10 Å². The number of hydrazone groups is 1. The van der Waals surface area contributed by atoms with Crippen molar-refractivity contribution in [3.63, 3.8) is 0 Å². The van der Waals surface area contributed by atoms with Crippen LogP contribution in [0.5, 0.6) is 5.75 Å². The summed E-state index contributed by atoms with van der Waals surface area (Å²) in [6, 6.07) is 21.9. The van der Waals surface area contributed by atoms with Crippen molar-refractivity contribution in [1.29, 1.82) is 0 Å². The summed E-state index contributed by atoms with van der Waals surface area (Å²) in [5.74, 6) is 0.622. The lowest BCUT2D eigenvalue weighted by Gasteiger charge is -2.31. The fraction of sp³-hybridized carbons (Fsp3) is 0.200. The summed E-state index contributed by atoms with van der Waals surface area (Å²) < 4.78 is 6.61. The van der Waals surface area contributed by atoms with Gasteiger partial charge in [-0.05, 0) is 89.0 Å². The number of benzene rings is 3. The van der Waals surface area contributed by atoms with E-state index in [0.29, 0.717) is 5.56 Å². The smallest absolute Gasteiger partial charge is 0.271 e. The summed E-state index contributed by atoms with van der Waals surface area (Å²) in [5, 5.41) is 4.15. The van der Waals surface area contributed by atoms with E-state index in [1.54, 1.807) is 19.4 Å². The van der Waals surface area contributed by atoms with Crippen LogP contribution in [0.15, 0.2) is 71.8 Å². The van der Waals surface area contributed by atoms with Crippen molar-refractivity contribution >= 4 is 40.4 Å². The average molecular weight is 525 g/mol. The Balaban J connectivity index is 1.49. The summed E-state index contributed by atoms with van der Waals surface area (Å²) in [6.07, 6.45) is 3.93. The van der Waals surface area contributed by atoms with Gasteiger partial charge in [-0.25, -0.2) is 5.43 Å². The first-order valence-corrected chi connectivity index (χ1v) is 11.3. The Morgan fingerprint density at radius 2 is 2.03 bits per heavy atom. The topological polar surface area (TPSA) is 53.9 Å². The second-order valence-corrected chi connectivity index (χ2v) is 8.68. The number of halogens is 1. The number of fused-ring (bicyclic) bond motifs is 1. The summed E-state index contributed by atoms with van der Waals surface area (Å²) in [5.41, 5.74) is 7.87. The van der Waals surface area contributed by atoms with Crippen LogP contribution in [0.3, 0.4) is 0 Å². The molecule has 3 aromatic carbocycles. The molecule has 1 amide bonds. The zero-order chi connectivity index (χ0) is 21.6. The average Bonchev–Trinajstić information content (AvgIpc) is 2.79. The predicted octanol–water partition coefficient (Wildman–Crippen LogP) is 5.02. The second kappa shape index (κ2) is 9.96. The maximum absolute atomic E-state index is 12.3. The highest BCUT2D eigenvalue weighted by atomic mass is 127. The van der Waals surface area contributed by atoms with Crippen LogP contribution in [-0.4, -0.2) is 25.8 Å². The Hall–Kier alpha value is -2.87. The maximum Gasteiger partial charge on any atom is 0.271 e. The van der Waals surface area contributed by atoms with Crippen LogP contribution in [0, 0.1) is 3.57 Å². The molecule has 158 valence electrons. The van der Waals surface area contributed by atoms with Gasteiger partial charge in [0.2, 0.25) is 0 Å². The number of aryl methyl sites for hydroxylation is 1. The van der Waals surface area contributed by atoms with Crippen molar-refractivity contribution in [1.82, 2.24) is 5.43 Å². The zero-order valence-corrected chi connectivity index (χ0v) is 19.5. The number of methoxy groups -OCH3 is 1. The third kappa shape index (κ3) is 5.25. The van der Waals surface area contributed by atoms with Gasteiger partial charge < -0.3 is 9.64 Å². The van der Waals surface area contributed by atoms with E-state index in [9.17, 15) is 4.79 Å². The normalized spacial score (nSPS) is 13.2. The minimum Gasteiger partial charge on any atom is -0.496 e. The summed E-state index contributed by atoms with van der Waals surface area (Å²) >= 11 is 2.18. The van der Waals surface area contributed by atoms with Crippen LogP contribution in [0.4, 0.5) is 5.69 Å². The molecule has 1 aliphatic rings. The molecule has 3 aromatic rings. The largest absolute Gasteiger partial charge is 0.496 e. The van der Waals surface area contributed by atoms with Crippen molar-refractivity contribution < 1.29 is 9.53 Å². The van der Waals surface area contributed by atoms with Crippen molar-refractivity contribution in [3.8, 4) is 5.75 Å². The number of carbonyl (C=O) groups is 1. The fourth-order valence-electron chi connectivity index (χ4n) is 3.84. The first-order chi connectivity index (χ1) is 15.1. The maximum atomic E-state index is 12.3. The molecule has 0 aliphatic carbocycles. The zero-order valence-electron chi connectivity index (χ0n) is 17.3. The standard InChI is InChI=1S/C25H24IN3O2/c1-31-24-12-11-18(16-27-28-25(30)20-7-4-9-22(26)15-20)14-21(24)17-29-13-5-8-19-6-2-3-10-23(19)29/h2-4,6-7,9-12,14-16H,5,8,13,17H2,1H3,(H,28,30)/b27-16+. The third-order valence-electron chi connectivity index (χ3n) is 5.34. The lowest BCUT2D eigenvalue weighted by molar-refractivity contribution is 0.0955. The van der Waals surface area contributed by atoms with E-state index in [1.807, 2.05) is 30.3 Å². The van der Waals surface area contributed by atoms with Crippen LogP contribution < -0.4 is 15.1 Å². The predicted molar refractivity (Wildman–Crippen MR) is 133 cm³/mol. The molecule has 0 spiro atoms.